The first kappa shape index (κ1) is 15.3. The van der Waals surface area contributed by atoms with Crippen LogP contribution in [-0.4, -0.2) is 59.5 Å². The Balaban J connectivity index is 1.82. The molecule has 0 N–H and O–H groups in total. The number of ether oxygens (including phenoxy) is 1. The summed E-state index contributed by atoms with van der Waals surface area (Å²) in [5.41, 5.74) is 0.594. The highest BCUT2D eigenvalue weighted by Gasteiger charge is 2.39. The second-order valence-corrected chi connectivity index (χ2v) is 6.19. The molecule has 5 nitrogen and oxygen atoms in total. The van der Waals surface area contributed by atoms with Gasteiger partial charge >= 0.3 is 0 Å². The first-order valence-electron chi connectivity index (χ1n) is 8.31. The van der Waals surface area contributed by atoms with E-state index in [2.05, 4.69) is 16.9 Å². The highest BCUT2D eigenvalue weighted by Crippen LogP contribution is 2.31. The van der Waals surface area contributed by atoms with E-state index in [0.717, 1.165) is 25.9 Å². The average molecular weight is 303 g/mol. The quantitative estimate of drug-likeness (QED) is 0.855. The topological polar surface area (TPSA) is 45.7 Å². The molecular formula is C17H25N3O2. The van der Waals surface area contributed by atoms with Crippen LogP contribution in [0.15, 0.2) is 18.3 Å². The minimum Gasteiger partial charge on any atom is -0.477 e. The largest absolute Gasteiger partial charge is 0.477 e. The Bertz CT molecular complexity index is 534. The molecule has 2 aliphatic heterocycles. The van der Waals surface area contributed by atoms with Crippen LogP contribution in [0.5, 0.6) is 5.88 Å². The molecule has 2 saturated heterocycles. The van der Waals surface area contributed by atoms with E-state index in [1.54, 1.807) is 6.20 Å². The number of hydrogen-bond donors (Lipinski definition) is 0. The molecule has 5 heteroatoms. The molecule has 3 heterocycles. The molecule has 0 bridgehead atoms. The summed E-state index contributed by atoms with van der Waals surface area (Å²) < 4.78 is 5.53. The van der Waals surface area contributed by atoms with Gasteiger partial charge in [0.25, 0.3) is 5.91 Å². The molecule has 2 fully saturated rings. The molecule has 2 atom stereocenters. The molecule has 0 saturated carbocycles. The van der Waals surface area contributed by atoms with Crippen molar-refractivity contribution in [1.29, 1.82) is 0 Å². The van der Waals surface area contributed by atoms with Gasteiger partial charge in [0.05, 0.1) is 6.61 Å². The number of carbonyl (C=O) groups is 1. The predicted molar refractivity (Wildman–Crippen MR) is 85.1 cm³/mol. The predicted octanol–water partition coefficient (Wildman–Crippen LogP) is 2.18. The molecule has 3 rings (SSSR count). The number of hydrogen-bond acceptors (Lipinski definition) is 4. The maximum atomic E-state index is 13.0. The number of amides is 1. The van der Waals surface area contributed by atoms with Crippen LogP contribution in [0.4, 0.5) is 0 Å². The van der Waals surface area contributed by atoms with Gasteiger partial charge in [0.1, 0.15) is 5.56 Å². The van der Waals surface area contributed by atoms with Gasteiger partial charge < -0.3 is 14.5 Å². The van der Waals surface area contributed by atoms with Gasteiger partial charge in [-0.15, -0.1) is 0 Å². The first-order valence-corrected chi connectivity index (χ1v) is 8.31. The van der Waals surface area contributed by atoms with Crippen molar-refractivity contribution in [1.82, 2.24) is 14.8 Å². The second kappa shape index (κ2) is 6.65. The number of likely N-dealkylation sites (N-methyl/N-ethyl adjacent to an activating group) is 1. The van der Waals surface area contributed by atoms with E-state index in [0.29, 0.717) is 30.1 Å². The Kier molecular flexibility index (Phi) is 4.62. The van der Waals surface area contributed by atoms with Crippen molar-refractivity contribution < 1.29 is 9.53 Å². The van der Waals surface area contributed by atoms with Crippen molar-refractivity contribution in [3.05, 3.63) is 23.9 Å². The number of likely N-dealkylation sites (tertiary alicyclic amines) is 2. The zero-order valence-corrected chi connectivity index (χ0v) is 13.5. The molecule has 22 heavy (non-hydrogen) atoms. The van der Waals surface area contributed by atoms with E-state index in [9.17, 15) is 4.79 Å². The molecule has 0 aliphatic carbocycles. The Labute approximate surface area is 132 Å². The Morgan fingerprint density at radius 1 is 1.32 bits per heavy atom. The third-order valence-electron chi connectivity index (χ3n) is 4.86. The lowest BCUT2D eigenvalue weighted by Gasteiger charge is -2.33. The molecular weight excluding hydrogens is 278 g/mol. The maximum Gasteiger partial charge on any atom is 0.259 e. The average Bonchev–Trinajstić information content (AvgIpc) is 3.15. The van der Waals surface area contributed by atoms with E-state index in [-0.39, 0.29) is 5.91 Å². The highest BCUT2D eigenvalue weighted by atomic mass is 16.5. The summed E-state index contributed by atoms with van der Waals surface area (Å²) in [5.74, 6) is 0.528. The van der Waals surface area contributed by atoms with Gasteiger partial charge in [-0.1, -0.05) is 0 Å². The van der Waals surface area contributed by atoms with Gasteiger partial charge in [0, 0.05) is 24.8 Å². The molecule has 0 unspecified atom stereocenters. The zero-order chi connectivity index (χ0) is 15.5. The van der Waals surface area contributed by atoms with Gasteiger partial charge in [-0.3, -0.25) is 4.79 Å². The summed E-state index contributed by atoms with van der Waals surface area (Å²) in [7, 11) is 2.17. The number of pyridine rings is 1. The lowest BCUT2D eigenvalue weighted by atomic mass is 10.0. The van der Waals surface area contributed by atoms with E-state index in [4.69, 9.17) is 4.74 Å². The van der Waals surface area contributed by atoms with Crippen molar-refractivity contribution in [3.8, 4) is 5.88 Å². The summed E-state index contributed by atoms with van der Waals surface area (Å²) in [6, 6.07) is 4.46. The van der Waals surface area contributed by atoms with E-state index < -0.39 is 0 Å². The van der Waals surface area contributed by atoms with Crippen molar-refractivity contribution in [2.75, 3.05) is 26.7 Å². The lowest BCUT2D eigenvalue weighted by Crippen LogP contribution is -2.47. The third kappa shape index (κ3) is 2.82. The Hall–Kier alpha value is -1.62. The van der Waals surface area contributed by atoms with Gasteiger partial charge in [0.2, 0.25) is 5.88 Å². The first-order chi connectivity index (χ1) is 10.7. The van der Waals surface area contributed by atoms with E-state index >= 15 is 0 Å². The highest BCUT2D eigenvalue weighted by molar-refractivity contribution is 5.96. The second-order valence-electron chi connectivity index (χ2n) is 6.19. The number of rotatable bonds is 4. The normalized spacial score (nSPS) is 25.6. The fraction of sp³-hybridized carbons (Fsp3) is 0.647. The monoisotopic (exact) mass is 303 g/mol. The molecule has 2 aliphatic rings. The molecule has 0 spiro atoms. The smallest absolute Gasteiger partial charge is 0.259 e. The van der Waals surface area contributed by atoms with Crippen molar-refractivity contribution in [2.45, 2.75) is 44.7 Å². The lowest BCUT2D eigenvalue weighted by molar-refractivity contribution is 0.0659. The van der Waals surface area contributed by atoms with Gasteiger partial charge in [-0.2, -0.15) is 0 Å². The zero-order valence-electron chi connectivity index (χ0n) is 13.5. The molecule has 0 aromatic carbocycles. The minimum atomic E-state index is 0.0688. The summed E-state index contributed by atoms with van der Waals surface area (Å²) in [4.78, 5) is 21.7. The molecule has 0 radical (unpaired) electrons. The van der Waals surface area contributed by atoms with Gasteiger partial charge in [-0.25, -0.2) is 4.98 Å². The minimum absolute atomic E-state index is 0.0688. The maximum absolute atomic E-state index is 13.0. The third-order valence-corrected chi connectivity index (χ3v) is 4.86. The number of carbonyl (C=O) groups excluding carboxylic acids is 1. The van der Waals surface area contributed by atoms with Crippen LogP contribution in [0.1, 0.15) is 43.0 Å². The van der Waals surface area contributed by atoms with E-state index in [1.807, 2.05) is 24.0 Å². The van der Waals surface area contributed by atoms with Crippen LogP contribution < -0.4 is 4.74 Å². The Morgan fingerprint density at radius 2 is 2.09 bits per heavy atom. The van der Waals surface area contributed by atoms with Crippen LogP contribution in [0.2, 0.25) is 0 Å². The number of nitrogens with zero attached hydrogens (tertiary/aromatic N) is 3. The molecule has 120 valence electrons. The van der Waals surface area contributed by atoms with Crippen molar-refractivity contribution in [3.63, 3.8) is 0 Å². The van der Waals surface area contributed by atoms with Crippen LogP contribution >= 0.6 is 0 Å². The van der Waals surface area contributed by atoms with Crippen molar-refractivity contribution in [2.24, 2.45) is 0 Å². The van der Waals surface area contributed by atoms with Crippen LogP contribution in [0.25, 0.3) is 0 Å². The summed E-state index contributed by atoms with van der Waals surface area (Å²) in [6.45, 7) is 4.41. The SMILES string of the molecule is CCOc1ncccc1C(=O)N1CCC[C@@H]1[C@@H]1CCCN1C. The molecule has 1 aromatic rings. The van der Waals surface area contributed by atoms with E-state index in [1.165, 1.54) is 12.8 Å². The van der Waals surface area contributed by atoms with Gasteiger partial charge in [-0.05, 0) is 58.3 Å². The fourth-order valence-corrected chi connectivity index (χ4v) is 3.83. The molecule has 1 amide bonds. The fourth-order valence-electron chi connectivity index (χ4n) is 3.83. The summed E-state index contributed by atoms with van der Waals surface area (Å²) in [5, 5.41) is 0. The summed E-state index contributed by atoms with van der Waals surface area (Å²) >= 11 is 0. The van der Waals surface area contributed by atoms with Crippen LogP contribution in [0, 0.1) is 0 Å². The summed E-state index contributed by atoms with van der Waals surface area (Å²) in [6.07, 6.45) is 6.29. The van der Waals surface area contributed by atoms with Crippen LogP contribution in [-0.2, 0) is 0 Å². The Morgan fingerprint density at radius 3 is 2.82 bits per heavy atom. The molecule has 1 aromatic heterocycles. The standard InChI is InChI=1S/C17H25N3O2/c1-3-22-16-13(7-4-10-18-16)17(21)20-12-6-9-15(20)14-8-5-11-19(14)2/h4,7,10,14-15H,3,5-6,8-9,11-12H2,1-2H3/t14-,15+/m0/s1. The van der Waals surface area contributed by atoms with Crippen LogP contribution in [0.3, 0.4) is 0 Å². The van der Waals surface area contributed by atoms with Crippen molar-refractivity contribution >= 4 is 5.91 Å². The number of aromatic nitrogens is 1. The van der Waals surface area contributed by atoms with Gasteiger partial charge in [0.15, 0.2) is 0 Å².